The minimum absolute atomic E-state index is 0.154. The van der Waals surface area contributed by atoms with Crippen LogP contribution in [0.2, 0.25) is 0 Å². The highest BCUT2D eigenvalue weighted by molar-refractivity contribution is 6.36. The Morgan fingerprint density at radius 1 is 1.00 bits per heavy atom. The van der Waals surface area contributed by atoms with Crippen LogP contribution in [-0.2, 0) is 4.79 Å². The number of carboxylic acids is 1. The van der Waals surface area contributed by atoms with Crippen LogP contribution in [0.25, 0.3) is 22.8 Å². The van der Waals surface area contributed by atoms with Gasteiger partial charge in [-0.05, 0) is 47.5 Å². The molecule has 0 bridgehead atoms. The molecule has 1 amide bonds. The van der Waals surface area contributed by atoms with Crippen molar-refractivity contribution in [1.29, 1.82) is 0 Å². The minimum Gasteiger partial charge on any atom is -0.478 e. The Kier molecular flexibility index (Phi) is 3.47. The van der Waals surface area contributed by atoms with Gasteiger partial charge in [-0.1, -0.05) is 24.3 Å². The van der Waals surface area contributed by atoms with E-state index < -0.39 is 5.97 Å². The summed E-state index contributed by atoms with van der Waals surface area (Å²) in [6, 6.07) is 16.1. The molecule has 1 aromatic heterocycles. The Labute approximate surface area is 143 Å². The summed E-state index contributed by atoms with van der Waals surface area (Å²) < 4.78 is 0. The zero-order chi connectivity index (χ0) is 17.4. The maximum Gasteiger partial charge on any atom is 0.335 e. The number of aromatic nitrogens is 1. The van der Waals surface area contributed by atoms with Gasteiger partial charge in [0.15, 0.2) is 0 Å². The molecule has 5 nitrogen and oxygen atoms in total. The summed E-state index contributed by atoms with van der Waals surface area (Å²) in [4.78, 5) is 26.5. The molecule has 4 rings (SSSR count). The molecular weight excluding hydrogens is 316 g/mol. The largest absolute Gasteiger partial charge is 0.478 e. The predicted octanol–water partition coefficient (Wildman–Crippen LogP) is 3.87. The van der Waals surface area contributed by atoms with Crippen LogP contribution >= 0.6 is 0 Å². The molecule has 0 aliphatic carbocycles. The predicted molar refractivity (Wildman–Crippen MR) is 96.1 cm³/mol. The highest BCUT2D eigenvalue weighted by Crippen LogP contribution is 2.40. The average molecular weight is 330 g/mol. The first-order chi connectivity index (χ1) is 12.1. The van der Waals surface area contributed by atoms with Gasteiger partial charge in [-0.3, -0.25) is 4.79 Å². The minimum atomic E-state index is -0.964. The number of carbonyl (C=O) groups excluding carboxylic acids is 1. The molecule has 2 heterocycles. The number of fused-ring (bicyclic) bond motifs is 1. The molecule has 1 aliphatic rings. The van der Waals surface area contributed by atoms with Crippen LogP contribution in [-0.4, -0.2) is 22.0 Å². The van der Waals surface area contributed by atoms with Crippen molar-refractivity contribution in [2.24, 2.45) is 0 Å². The van der Waals surface area contributed by atoms with Crippen molar-refractivity contribution in [3.8, 4) is 11.1 Å². The third-order valence-corrected chi connectivity index (χ3v) is 4.19. The molecule has 0 spiro atoms. The second kappa shape index (κ2) is 5.79. The maximum atomic E-state index is 12.4. The van der Waals surface area contributed by atoms with Gasteiger partial charge in [0.1, 0.15) is 0 Å². The molecule has 0 atom stereocenters. The number of carboxylic acid groups (broad SMARTS) is 1. The molecule has 0 fully saturated rings. The van der Waals surface area contributed by atoms with Gasteiger partial charge >= 0.3 is 5.97 Å². The summed E-state index contributed by atoms with van der Waals surface area (Å²) in [5.74, 6) is -1.12. The molecule has 0 radical (unpaired) electrons. The number of hydrogen-bond acceptors (Lipinski definition) is 2. The Hall–Kier alpha value is -3.60. The first kappa shape index (κ1) is 15.0. The second-order valence-corrected chi connectivity index (χ2v) is 5.75. The Bertz CT molecular complexity index is 1000. The number of aromatic amines is 1. The molecule has 2 aromatic carbocycles. The van der Waals surface area contributed by atoms with E-state index in [1.54, 1.807) is 30.5 Å². The molecule has 0 saturated heterocycles. The number of aromatic carboxylic acids is 1. The summed E-state index contributed by atoms with van der Waals surface area (Å²) in [7, 11) is 0. The lowest BCUT2D eigenvalue weighted by atomic mass is 9.94. The van der Waals surface area contributed by atoms with Gasteiger partial charge in [-0.2, -0.15) is 0 Å². The Morgan fingerprint density at radius 2 is 1.80 bits per heavy atom. The summed E-state index contributed by atoms with van der Waals surface area (Å²) in [5, 5.41) is 11.9. The van der Waals surface area contributed by atoms with E-state index in [4.69, 9.17) is 5.11 Å². The van der Waals surface area contributed by atoms with Crippen molar-refractivity contribution >= 4 is 29.2 Å². The molecule has 3 aromatic rings. The number of amides is 1. The molecule has 0 unspecified atom stereocenters. The van der Waals surface area contributed by atoms with E-state index in [0.717, 1.165) is 28.1 Å². The normalized spacial score (nSPS) is 14.4. The number of H-pyrrole nitrogens is 1. The van der Waals surface area contributed by atoms with Crippen LogP contribution in [0.1, 0.15) is 21.6 Å². The van der Waals surface area contributed by atoms with Crippen LogP contribution < -0.4 is 5.32 Å². The lowest BCUT2D eigenvalue weighted by molar-refractivity contribution is -0.110. The molecule has 3 N–H and O–H groups in total. The first-order valence-corrected chi connectivity index (χ1v) is 7.77. The number of benzene rings is 2. The van der Waals surface area contributed by atoms with Crippen molar-refractivity contribution in [2.45, 2.75) is 0 Å². The Morgan fingerprint density at radius 3 is 2.48 bits per heavy atom. The SMILES string of the molecule is O=C1Nc2cccc(-c3ccc(C(=O)O)cc3)c2C1=Cc1ccc[nH]1. The second-order valence-electron chi connectivity index (χ2n) is 5.75. The topological polar surface area (TPSA) is 82.2 Å². The zero-order valence-electron chi connectivity index (χ0n) is 13.1. The van der Waals surface area contributed by atoms with Crippen molar-refractivity contribution in [3.63, 3.8) is 0 Å². The summed E-state index contributed by atoms with van der Waals surface area (Å²) in [6.07, 6.45) is 3.62. The monoisotopic (exact) mass is 330 g/mol. The third kappa shape index (κ3) is 2.61. The van der Waals surface area contributed by atoms with Gasteiger partial charge in [0.05, 0.1) is 11.1 Å². The van der Waals surface area contributed by atoms with E-state index in [-0.39, 0.29) is 11.5 Å². The van der Waals surface area contributed by atoms with Crippen LogP contribution in [0, 0.1) is 0 Å². The van der Waals surface area contributed by atoms with Gasteiger partial charge in [-0.25, -0.2) is 4.79 Å². The Balaban J connectivity index is 1.86. The number of carbonyl (C=O) groups is 2. The van der Waals surface area contributed by atoms with Gasteiger partial charge in [0, 0.05) is 23.1 Å². The molecule has 5 heteroatoms. The van der Waals surface area contributed by atoms with E-state index in [1.165, 1.54) is 0 Å². The van der Waals surface area contributed by atoms with Gasteiger partial charge in [0.2, 0.25) is 0 Å². The number of nitrogens with one attached hydrogen (secondary N) is 2. The van der Waals surface area contributed by atoms with Crippen LogP contribution in [0.4, 0.5) is 5.69 Å². The van der Waals surface area contributed by atoms with Crippen LogP contribution in [0.5, 0.6) is 0 Å². The number of anilines is 1. The van der Waals surface area contributed by atoms with Crippen molar-refractivity contribution in [1.82, 2.24) is 4.98 Å². The highest BCUT2D eigenvalue weighted by atomic mass is 16.4. The zero-order valence-corrected chi connectivity index (χ0v) is 13.1. The van der Waals surface area contributed by atoms with E-state index in [9.17, 15) is 9.59 Å². The lowest BCUT2D eigenvalue weighted by Gasteiger charge is -2.09. The molecule has 0 saturated carbocycles. The average Bonchev–Trinajstić information content (AvgIpc) is 3.23. The number of rotatable bonds is 3. The molecule has 122 valence electrons. The lowest BCUT2D eigenvalue weighted by Crippen LogP contribution is -2.03. The highest BCUT2D eigenvalue weighted by Gasteiger charge is 2.27. The summed E-state index contributed by atoms with van der Waals surface area (Å²) in [6.45, 7) is 0. The molecule has 1 aliphatic heterocycles. The first-order valence-electron chi connectivity index (χ1n) is 7.77. The molecular formula is C20H14N2O3. The smallest absolute Gasteiger partial charge is 0.335 e. The van der Waals surface area contributed by atoms with E-state index in [1.807, 2.05) is 36.4 Å². The van der Waals surface area contributed by atoms with E-state index in [0.29, 0.717) is 5.57 Å². The van der Waals surface area contributed by atoms with Crippen molar-refractivity contribution in [2.75, 3.05) is 5.32 Å². The fraction of sp³-hybridized carbons (Fsp3) is 0. The fourth-order valence-corrected chi connectivity index (χ4v) is 3.01. The maximum absolute atomic E-state index is 12.4. The van der Waals surface area contributed by atoms with E-state index in [2.05, 4.69) is 10.3 Å². The third-order valence-electron chi connectivity index (χ3n) is 4.19. The van der Waals surface area contributed by atoms with Crippen LogP contribution in [0.3, 0.4) is 0 Å². The van der Waals surface area contributed by atoms with Crippen molar-refractivity contribution < 1.29 is 14.7 Å². The summed E-state index contributed by atoms with van der Waals surface area (Å²) in [5.41, 5.74) is 4.96. The molecule has 25 heavy (non-hydrogen) atoms. The van der Waals surface area contributed by atoms with E-state index >= 15 is 0 Å². The summed E-state index contributed by atoms with van der Waals surface area (Å²) >= 11 is 0. The quantitative estimate of drug-likeness (QED) is 0.638. The number of hydrogen-bond donors (Lipinski definition) is 3. The van der Waals surface area contributed by atoms with Crippen LogP contribution in [0.15, 0.2) is 60.8 Å². The standard InChI is InChI=1S/C20H14N2O3/c23-19-16(11-14-3-2-10-21-14)18-15(4-1-5-17(18)22-19)12-6-8-13(9-7-12)20(24)25/h1-11,21H,(H,22,23)(H,24,25). The van der Waals surface area contributed by atoms with Crippen molar-refractivity contribution in [3.05, 3.63) is 77.6 Å². The fourth-order valence-electron chi connectivity index (χ4n) is 3.01. The van der Waals surface area contributed by atoms with Gasteiger partial charge in [-0.15, -0.1) is 0 Å². The van der Waals surface area contributed by atoms with Gasteiger partial charge < -0.3 is 15.4 Å². The van der Waals surface area contributed by atoms with Gasteiger partial charge in [0.25, 0.3) is 5.91 Å².